The van der Waals surface area contributed by atoms with E-state index < -0.39 is 23.9 Å². The first-order valence-electron chi connectivity index (χ1n) is 13.0. The van der Waals surface area contributed by atoms with E-state index >= 15 is 0 Å². The molecule has 1 aliphatic rings. The Bertz CT molecular complexity index is 1240. The van der Waals surface area contributed by atoms with Gasteiger partial charge in [-0.2, -0.15) is 0 Å². The summed E-state index contributed by atoms with van der Waals surface area (Å²) in [6.07, 6.45) is 2.26. The van der Waals surface area contributed by atoms with Gasteiger partial charge in [0, 0.05) is 30.3 Å². The quantitative estimate of drug-likeness (QED) is 0.296. The largest absolute Gasteiger partial charge is 0.461 e. The van der Waals surface area contributed by atoms with Crippen LogP contribution in [0.4, 0.5) is 5.69 Å². The van der Waals surface area contributed by atoms with Crippen LogP contribution in [0.15, 0.2) is 84.9 Å². The fourth-order valence-corrected chi connectivity index (χ4v) is 4.35. The van der Waals surface area contributed by atoms with Crippen LogP contribution >= 0.6 is 0 Å². The van der Waals surface area contributed by atoms with Crippen molar-refractivity contribution in [2.75, 3.05) is 18.0 Å². The summed E-state index contributed by atoms with van der Waals surface area (Å²) >= 11 is 0. The number of nitrogens with zero attached hydrogens (tertiary/aromatic N) is 1. The van der Waals surface area contributed by atoms with Crippen molar-refractivity contribution < 1.29 is 28.7 Å². The highest BCUT2D eigenvalue weighted by molar-refractivity contribution is 5.98. The van der Waals surface area contributed by atoms with Gasteiger partial charge in [0.05, 0.1) is 6.42 Å². The Kier molecular flexibility index (Phi) is 9.83. The molecular formula is C31H32N2O6. The SMILES string of the molecule is O=CC1CCN(c2ccc(C(=O)N[C@@H](CC(=O)OCc3ccccc3)C(=O)OCc3ccccc3)cc2)CC1. The van der Waals surface area contributed by atoms with Crippen LogP contribution in [0.5, 0.6) is 0 Å². The van der Waals surface area contributed by atoms with Crippen LogP contribution in [0.3, 0.4) is 0 Å². The molecule has 1 heterocycles. The third-order valence-electron chi connectivity index (χ3n) is 6.65. The molecule has 1 atom stereocenters. The second kappa shape index (κ2) is 13.9. The molecule has 0 saturated carbocycles. The molecule has 1 amide bonds. The minimum absolute atomic E-state index is 0.0145. The molecule has 0 spiro atoms. The van der Waals surface area contributed by atoms with Crippen molar-refractivity contribution in [1.82, 2.24) is 5.32 Å². The van der Waals surface area contributed by atoms with E-state index in [1.54, 1.807) is 12.1 Å². The summed E-state index contributed by atoms with van der Waals surface area (Å²) < 4.78 is 10.7. The lowest BCUT2D eigenvalue weighted by atomic mass is 9.98. The summed E-state index contributed by atoms with van der Waals surface area (Å²) in [4.78, 5) is 51.7. The molecule has 0 radical (unpaired) electrons. The number of amides is 1. The van der Waals surface area contributed by atoms with Gasteiger partial charge in [-0.15, -0.1) is 0 Å². The highest BCUT2D eigenvalue weighted by Crippen LogP contribution is 2.22. The molecular weight excluding hydrogens is 496 g/mol. The van der Waals surface area contributed by atoms with E-state index in [2.05, 4.69) is 10.2 Å². The molecule has 1 N–H and O–H groups in total. The molecule has 0 bridgehead atoms. The number of rotatable bonds is 11. The zero-order chi connectivity index (χ0) is 27.5. The molecule has 8 nitrogen and oxygen atoms in total. The van der Waals surface area contributed by atoms with Crippen molar-refractivity contribution in [2.24, 2.45) is 5.92 Å². The van der Waals surface area contributed by atoms with Gasteiger partial charge in [-0.05, 0) is 48.2 Å². The molecule has 4 rings (SSSR count). The zero-order valence-electron chi connectivity index (χ0n) is 21.7. The smallest absolute Gasteiger partial charge is 0.329 e. The Morgan fingerprint density at radius 2 is 1.38 bits per heavy atom. The van der Waals surface area contributed by atoms with Gasteiger partial charge in [0.2, 0.25) is 0 Å². The number of carbonyl (C=O) groups excluding carboxylic acids is 4. The van der Waals surface area contributed by atoms with Crippen LogP contribution < -0.4 is 10.2 Å². The third kappa shape index (κ3) is 8.26. The van der Waals surface area contributed by atoms with Gasteiger partial charge in [0.25, 0.3) is 5.91 Å². The van der Waals surface area contributed by atoms with Crippen LogP contribution in [0.1, 0.15) is 40.7 Å². The fraction of sp³-hybridized carbons (Fsp3) is 0.290. The maximum Gasteiger partial charge on any atom is 0.329 e. The Labute approximate surface area is 227 Å². The first-order valence-corrected chi connectivity index (χ1v) is 13.0. The summed E-state index contributed by atoms with van der Waals surface area (Å²) in [5.41, 5.74) is 2.91. The summed E-state index contributed by atoms with van der Waals surface area (Å²) in [6.45, 7) is 1.62. The topological polar surface area (TPSA) is 102 Å². The Hall–Kier alpha value is -4.46. The summed E-state index contributed by atoms with van der Waals surface area (Å²) in [7, 11) is 0. The first-order chi connectivity index (χ1) is 19.0. The minimum Gasteiger partial charge on any atom is -0.461 e. The number of benzene rings is 3. The molecule has 1 fully saturated rings. The van der Waals surface area contributed by atoms with Crippen molar-refractivity contribution in [3.8, 4) is 0 Å². The normalized spacial score (nSPS) is 14.2. The molecule has 3 aromatic carbocycles. The van der Waals surface area contributed by atoms with E-state index in [9.17, 15) is 19.2 Å². The second-order valence-electron chi connectivity index (χ2n) is 9.48. The van der Waals surface area contributed by atoms with E-state index in [1.165, 1.54) is 0 Å². The predicted octanol–water partition coefficient (Wildman–Crippen LogP) is 4.08. The fourth-order valence-electron chi connectivity index (χ4n) is 4.35. The van der Waals surface area contributed by atoms with E-state index in [-0.39, 0.29) is 25.6 Å². The maximum absolute atomic E-state index is 13.0. The number of hydrogen-bond donors (Lipinski definition) is 1. The summed E-state index contributed by atoms with van der Waals surface area (Å²) in [5, 5.41) is 2.64. The highest BCUT2D eigenvalue weighted by atomic mass is 16.5. The summed E-state index contributed by atoms with van der Waals surface area (Å²) in [6, 6.07) is 24.2. The van der Waals surface area contributed by atoms with Crippen LogP contribution in [0, 0.1) is 5.92 Å². The lowest BCUT2D eigenvalue weighted by molar-refractivity contribution is -0.153. The van der Waals surface area contributed by atoms with Crippen molar-refractivity contribution in [2.45, 2.75) is 38.5 Å². The summed E-state index contributed by atoms with van der Waals surface area (Å²) in [5.74, 6) is -1.75. The molecule has 0 unspecified atom stereocenters. The number of anilines is 1. The van der Waals surface area contributed by atoms with Crippen LogP contribution in [-0.2, 0) is 37.1 Å². The monoisotopic (exact) mass is 528 g/mol. The van der Waals surface area contributed by atoms with Gasteiger partial charge in [-0.25, -0.2) is 4.79 Å². The number of hydrogen-bond acceptors (Lipinski definition) is 7. The van der Waals surface area contributed by atoms with E-state index in [0.717, 1.165) is 49.0 Å². The highest BCUT2D eigenvalue weighted by Gasteiger charge is 2.27. The second-order valence-corrected chi connectivity index (χ2v) is 9.48. The van der Waals surface area contributed by atoms with Crippen molar-refractivity contribution >= 4 is 29.8 Å². The lowest BCUT2D eigenvalue weighted by Gasteiger charge is -2.31. The average molecular weight is 529 g/mol. The third-order valence-corrected chi connectivity index (χ3v) is 6.65. The van der Waals surface area contributed by atoms with Crippen molar-refractivity contribution in [3.63, 3.8) is 0 Å². The standard InChI is InChI=1S/C31H32N2O6/c34-20-23-15-17-33(18-16-23)27-13-11-26(12-14-27)30(36)32-28(31(37)39-22-25-9-5-2-6-10-25)19-29(35)38-21-24-7-3-1-4-8-24/h1-14,20,23,28H,15-19,21-22H2,(H,32,36)/t28-/m0/s1. The number of piperidine rings is 1. The minimum atomic E-state index is -1.22. The number of aldehydes is 1. The van der Waals surface area contributed by atoms with Gasteiger partial charge < -0.3 is 24.5 Å². The molecule has 0 aliphatic carbocycles. The van der Waals surface area contributed by atoms with Crippen LogP contribution in [0.25, 0.3) is 0 Å². The average Bonchev–Trinajstić information content (AvgIpc) is 2.99. The van der Waals surface area contributed by atoms with Gasteiger partial charge >= 0.3 is 11.9 Å². The van der Waals surface area contributed by atoms with Crippen LogP contribution in [-0.4, -0.2) is 43.3 Å². The molecule has 202 valence electrons. The Balaban J connectivity index is 1.38. The maximum atomic E-state index is 13.0. The molecule has 1 aliphatic heterocycles. The van der Waals surface area contributed by atoms with E-state index in [0.29, 0.717) is 5.56 Å². The van der Waals surface area contributed by atoms with E-state index in [1.807, 2.05) is 72.8 Å². The Morgan fingerprint density at radius 1 is 0.821 bits per heavy atom. The molecule has 8 heteroatoms. The Morgan fingerprint density at radius 3 is 1.95 bits per heavy atom. The number of esters is 2. The van der Waals surface area contributed by atoms with Gasteiger partial charge in [-0.1, -0.05) is 60.7 Å². The number of ether oxygens (including phenoxy) is 2. The molecule has 3 aromatic rings. The van der Waals surface area contributed by atoms with Gasteiger partial charge in [0.1, 0.15) is 25.5 Å². The van der Waals surface area contributed by atoms with Crippen molar-refractivity contribution in [1.29, 1.82) is 0 Å². The number of carbonyl (C=O) groups is 4. The van der Waals surface area contributed by atoms with Crippen molar-refractivity contribution in [3.05, 3.63) is 102 Å². The number of nitrogens with one attached hydrogen (secondary N) is 1. The van der Waals surface area contributed by atoms with Crippen LogP contribution in [0.2, 0.25) is 0 Å². The van der Waals surface area contributed by atoms with Gasteiger partial charge in [0.15, 0.2) is 0 Å². The zero-order valence-corrected chi connectivity index (χ0v) is 21.7. The molecule has 0 aromatic heterocycles. The lowest BCUT2D eigenvalue weighted by Crippen LogP contribution is -2.43. The predicted molar refractivity (Wildman–Crippen MR) is 146 cm³/mol. The van der Waals surface area contributed by atoms with Gasteiger partial charge in [-0.3, -0.25) is 9.59 Å². The molecule has 39 heavy (non-hydrogen) atoms. The van der Waals surface area contributed by atoms with E-state index in [4.69, 9.17) is 9.47 Å². The molecule has 1 saturated heterocycles. The first kappa shape index (κ1) is 27.6.